The highest BCUT2D eigenvalue weighted by atomic mass is 31.2. The Morgan fingerprint density at radius 2 is 1.58 bits per heavy atom. The van der Waals surface area contributed by atoms with Crippen molar-refractivity contribution in [2.45, 2.75) is 50.3 Å². The molecule has 4 N–H and O–H groups in total. The summed E-state index contributed by atoms with van der Waals surface area (Å²) in [7, 11) is -3.79. The van der Waals surface area contributed by atoms with Crippen molar-refractivity contribution in [1.29, 1.82) is 0 Å². The maximum Gasteiger partial charge on any atom is 0.453 e. The Hall–Kier alpha value is -2.34. The van der Waals surface area contributed by atoms with Gasteiger partial charge in [0.25, 0.3) is 0 Å². The van der Waals surface area contributed by atoms with Crippen LogP contribution in [0.4, 0.5) is 0 Å². The molecule has 0 aliphatic carbocycles. The third kappa shape index (κ3) is 6.33. The summed E-state index contributed by atoms with van der Waals surface area (Å²) in [6.45, 7) is 1.05. The van der Waals surface area contributed by atoms with Crippen LogP contribution in [-0.4, -0.2) is 35.7 Å². The van der Waals surface area contributed by atoms with Gasteiger partial charge in [0.2, 0.25) is 5.91 Å². The Bertz CT molecular complexity index is 820. The first kappa shape index (κ1) is 23.3. The van der Waals surface area contributed by atoms with E-state index in [1.54, 1.807) is 53.4 Å². The van der Waals surface area contributed by atoms with Gasteiger partial charge in [-0.2, -0.15) is 0 Å². The molecule has 31 heavy (non-hydrogen) atoms. The first-order valence-corrected chi connectivity index (χ1v) is 12.5. The largest absolute Gasteiger partial charge is 0.453 e. The lowest BCUT2D eigenvalue weighted by Gasteiger charge is -2.39. The van der Waals surface area contributed by atoms with E-state index in [2.05, 4.69) is 0 Å². The van der Waals surface area contributed by atoms with Gasteiger partial charge >= 0.3 is 7.60 Å². The summed E-state index contributed by atoms with van der Waals surface area (Å²) in [6, 6.07) is 17.2. The Morgan fingerprint density at radius 3 is 2.13 bits per heavy atom. The lowest BCUT2D eigenvalue weighted by atomic mass is 10.1. The monoisotopic (exact) mass is 445 g/mol. The molecule has 1 aliphatic heterocycles. The van der Waals surface area contributed by atoms with Crippen molar-refractivity contribution >= 4 is 13.5 Å². The highest BCUT2D eigenvalue weighted by molar-refractivity contribution is 7.55. The van der Waals surface area contributed by atoms with Gasteiger partial charge in [0, 0.05) is 6.54 Å². The average molecular weight is 446 g/mol. The number of rotatable bonds is 10. The summed E-state index contributed by atoms with van der Waals surface area (Å²) in [4.78, 5) is 14.8. The van der Waals surface area contributed by atoms with E-state index in [4.69, 9.17) is 20.5 Å². The number of amides is 1. The van der Waals surface area contributed by atoms with Gasteiger partial charge in [-0.25, -0.2) is 4.57 Å². The molecule has 168 valence electrons. The van der Waals surface area contributed by atoms with Crippen molar-refractivity contribution in [3.63, 3.8) is 0 Å². The van der Waals surface area contributed by atoms with Gasteiger partial charge < -0.3 is 25.4 Å². The number of nitrogens with zero attached hydrogens (tertiary/aromatic N) is 1. The number of carbonyl (C=O) groups is 1. The summed E-state index contributed by atoms with van der Waals surface area (Å²) >= 11 is 0. The Labute approximate surface area is 184 Å². The lowest BCUT2D eigenvalue weighted by molar-refractivity contribution is -0.135. The fourth-order valence-electron chi connectivity index (χ4n) is 3.74. The van der Waals surface area contributed by atoms with Crippen molar-refractivity contribution in [3.05, 3.63) is 60.7 Å². The minimum Gasteiger partial charge on any atom is -0.415 e. The number of carbonyl (C=O) groups excluding carboxylic acids is 1. The van der Waals surface area contributed by atoms with Gasteiger partial charge in [-0.1, -0.05) is 42.8 Å². The first-order valence-electron chi connectivity index (χ1n) is 10.9. The number of piperidine rings is 1. The van der Waals surface area contributed by atoms with Crippen LogP contribution >= 0.6 is 7.60 Å². The van der Waals surface area contributed by atoms with Crippen LogP contribution in [-0.2, 0) is 9.36 Å². The zero-order chi connectivity index (χ0) is 22.1. The van der Waals surface area contributed by atoms with Crippen molar-refractivity contribution in [1.82, 2.24) is 4.90 Å². The van der Waals surface area contributed by atoms with Crippen molar-refractivity contribution in [2.75, 3.05) is 13.1 Å². The molecular weight excluding hydrogens is 413 g/mol. The molecule has 2 unspecified atom stereocenters. The molecule has 1 saturated heterocycles. The lowest BCUT2D eigenvalue weighted by Crippen LogP contribution is -2.51. The van der Waals surface area contributed by atoms with Crippen LogP contribution in [0.1, 0.15) is 38.5 Å². The van der Waals surface area contributed by atoms with E-state index < -0.39 is 19.4 Å². The molecule has 0 saturated carbocycles. The third-order valence-electron chi connectivity index (χ3n) is 5.36. The van der Waals surface area contributed by atoms with Gasteiger partial charge in [0.05, 0.1) is 6.04 Å². The third-order valence-corrected chi connectivity index (χ3v) is 7.55. The van der Waals surface area contributed by atoms with Gasteiger partial charge in [0.1, 0.15) is 11.5 Å². The average Bonchev–Trinajstić information content (AvgIpc) is 2.80. The highest BCUT2D eigenvalue weighted by Crippen LogP contribution is 2.56. The number of para-hydroxylation sites is 2. The number of hydrogen-bond donors (Lipinski definition) is 2. The van der Waals surface area contributed by atoms with E-state index in [0.29, 0.717) is 37.4 Å². The van der Waals surface area contributed by atoms with E-state index in [9.17, 15) is 9.36 Å². The van der Waals surface area contributed by atoms with Crippen LogP contribution in [0.5, 0.6) is 11.5 Å². The molecule has 2 aromatic rings. The van der Waals surface area contributed by atoms with Crippen molar-refractivity contribution in [2.24, 2.45) is 11.5 Å². The van der Waals surface area contributed by atoms with Crippen molar-refractivity contribution < 1.29 is 18.4 Å². The van der Waals surface area contributed by atoms with E-state index in [1.165, 1.54) is 0 Å². The topological polar surface area (TPSA) is 108 Å². The molecule has 1 aliphatic rings. The van der Waals surface area contributed by atoms with Gasteiger partial charge in [0.15, 0.2) is 5.78 Å². The number of nitrogens with two attached hydrogens (primary N) is 2. The highest BCUT2D eigenvalue weighted by Gasteiger charge is 2.46. The second kappa shape index (κ2) is 11.3. The Balaban J connectivity index is 1.87. The molecule has 1 amide bonds. The maximum atomic E-state index is 14.2. The molecular formula is C23H32N3O4P. The van der Waals surface area contributed by atoms with E-state index in [0.717, 1.165) is 25.7 Å². The fourth-order valence-corrected chi connectivity index (χ4v) is 5.92. The van der Waals surface area contributed by atoms with Gasteiger partial charge in [-0.3, -0.25) is 4.79 Å². The summed E-state index contributed by atoms with van der Waals surface area (Å²) < 4.78 is 26.2. The predicted molar refractivity (Wildman–Crippen MR) is 122 cm³/mol. The van der Waals surface area contributed by atoms with E-state index in [1.807, 2.05) is 12.1 Å². The molecule has 2 aromatic carbocycles. The second-order valence-electron chi connectivity index (χ2n) is 7.75. The molecule has 1 fully saturated rings. The Kier molecular flexibility index (Phi) is 8.52. The van der Waals surface area contributed by atoms with Crippen LogP contribution in [0.3, 0.4) is 0 Å². The standard InChI is InChI=1S/C23H32N3O4P/c24-17-9-7-15-21(25)23(27)26-18-10-8-16-22(26)31(28,29-19-11-3-1-4-12-19)30-20-13-5-2-6-14-20/h1-6,11-14,21-22H,7-10,15-18,24-25H2. The quantitative estimate of drug-likeness (QED) is 0.421. The van der Waals surface area contributed by atoms with E-state index >= 15 is 0 Å². The fraction of sp³-hybridized carbons (Fsp3) is 0.435. The first-order chi connectivity index (χ1) is 15.0. The number of hydrogen-bond acceptors (Lipinski definition) is 6. The molecule has 0 aromatic heterocycles. The van der Waals surface area contributed by atoms with Crippen LogP contribution < -0.4 is 20.5 Å². The minimum atomic E-state index is -3.79. The van der Waals surface area contributed by atoms with Crippen LogP contribution in [0.2, 0.25) is 0 Å². The van der Waals surface area contributed by atoms with Crippen molar-refractivity contribution in [3.8, 4) is 11.5 Å². The molecule has 0 radical (unpaired) electrons. The van der Waals surface area contributed by atoms with Gasteiger partial charge in [-0.15, -0.1) is 0 Å². The Morgan fingerprint density at radius 1 is 1.00 bits per heavy atom. The van der Waals surface area contributed by atoms with Crippen LogP contribution in [0.15, 0.2) is 60.7 Å². The SMILES string of the molecule is NCCCCC(N)C(=O)N1CCCCC1P(=O)(Oc1ccccc1)Oc1ccccc1. The predicted octanol–water partition coefficient (Wildman–Crippen LogP) is 4.13. The summed E-state index contributed by atoms with van der Waals surface area (Å²) in [5, 5.41) is 0. The minimum absolute atomic E-state index is 0.213. The molecule has 0 bridgehead atoms. The smallest absolute Gasteiger partial charge is 0.415 e. The molecule has 1 heterocycles. The molecule has 8 heteroatoms. The molecule has 0 spiro atoms. The maximum absolute atomic E-state index is 14.2. The molecule has 7 nitrogen and oxygen atoms in total. The normalized spacial score (nSPS) is 17.7. The number of unbranched alkanes of at least 4 members (excludes halogenated alkanes) is 1. The zero-order valence-electron chi connectivity index (χ0n) is 17.8. The molecule has 2 atom stereocenters. The number of benzene rings is 2. The summed E-state index contributed by atoms with van der Waals surface area (Å²) in [5.74, 6) is -0.0380. The van der Waals surface area contributed by atoms with Crippen LogP contribution in [0.25, 0.3) is 0 Å². The van der Waals surface area contributed by atoms with Gasteiger partial charge in [-0.05, 0) is 62.9 Å². The van der Waals surface area contributed by atoms with Crippen LogP contribution in [0, 0.1) is 0 Å². The summed E-state index contributed by atoms with van der Waals surface area (Å²) in [5.41, 5.74) is 11.7. The summed E-state index contributed by atoms with van der Waals surface area (Å²) in [6.07, 6.45) is 4.32. The molecule has 3 rings (SSSR count). The van der Waals surface area contributed by atoms with E-state index in [-0.39, 0.29) is 5.91 Å². The number of likely N-dealkylation sites (tertiary alicyclic amines) is 1. The second-order valence-corrected chi connectivity index (χ2v) is 9.79. The zero-order valence-corrected chi connectivity index (χ0v) is 18.7.